The van der Waals surface area contributed by atoms with Crippen molar-refractivity contribution in [2.24, 2.45) is 0 Å². The average Bonchev–Trinajstić information content (AvgIpc) is 3.25. The molecule has 0 fully saturated rings. The van der Waals surface area contributed by atoms with E-state index in [2.05, 4.69) is 21.4 Å². The van der Waals surface area contributed by atoms with Crippen LogP contribution in [0.4, 0.5) is 0 Å². The standard InChI is InChI=1S/C20H19N3O2/c1-13(20-22-16-4-2-3-5-17(16)23-20)21-19(24)9-7-14-6-8-18-15(12-14)10-11-25-18/h2-9,12-13H,10-11H2,1H3,(H,21,24)(H,22,23)/b9-7+. The number of ether oxygens (including phenoxy) is 1. The quantitative estimate of drug-likeness (QED) is 0.719. The van der Waals surface area contributed by atoms with E-state index in [4.69, 9.17) is 4.74 Å². The number of nitrogens with zero attached hydrogens (tertiary/aromatic N) is 1. The Kier molecular flexibility index (Phi) is 3.98. The number of carbonyl (C=O) groups excluding carboxylic acids is 1. The van der Waals surface area contributed by atoms with E-state index in [1.54, 1.807) is 6.08 Å². The van der Waals surface area contributed by atoms with Gasteiger partial charge in [-0.05, 0) is 48.4 Å². The van der Waals surface area contributed by atoms with Gasteiger partial charge in [0.25, 0.3) is 0 Å². The van der Waals surface area contributed by atoms with Crippen LogP contribution >= 0.6 is 0 Å². The highest BCUT2D eigenvalue weighted by Gasteiger charge is 2.13. The summed E-state index contributed by atoms with van der Waals surface area (Å²) >= 11 is 0. The summed E-state index contributed by atoms with van der Waals surface area (Å²) in [6, 6.07) is 13.6. The highest BCUT2D eigenvalue weighted by atomic mass is 16.5. The van der Waals surface area contributed by atoms with Crippen LogP contribution in [0.5, 0.6) is 5.75 Å². The maximum absolute atomic E-state index is 12.2. The van der Waals surface area contributed by atoms with E-state index < -0.39 is 0 Å². The molecule has 0 saturated heterocycles. The predicted octanol–water partition coefficient (Wildman–Crippen LogP) is 3.39. The van der Waals surface area contributed by atoms with Gasteiger partial charge >= 0.3 is 0 Å². The molecule has 126 valence electrons. The predicted molar refractivity (Wildman–Crippen MR) is 97.3 cm³/mol. The lowest BCUT2D eigenvalue weighted by Gasteiger charge is -2.09. The van der Waals surface area contributed by atoms with Crippen molar-refractivity contribution in [1.29, 1.82) is 0 Å². The molecule has 25 heavy (non-hydrogen) atoms. The fourth-order valence-corrected chi connectivity index (χ4v) is 2.99. The van der Waals surface area contributed by atoms with Crippen LogP contribution in [-0.2, 0) is 11.2 Å². The number of benzene rings is 2. The molecule has 1 aliphatic rings. The number of H-pyrrole nitrogens is 1. The van der Waals surface area contributed by atoms with E-state index in [-0.39, 0.29) is 11.9 Å². The number of hydrogen-bond donors (Lipinski definition) is 2. The minimum absolute atomic E-state index is 0.148. The van der Waals surface area contributed by atoms with Crippen molar-refractivity contribution in [2.75, 3.05) is 6.61 Å². The van der Waals surface area contributed by atoms with Gasteiger partial charge in [-0.25, -0.2) is 4.98 Å². The Bertz CT molecular complexity index is 925. The molecule has 0 saturated carbocycles. The lowest BCUT2D eigenvalue weighted by Crippen LogP contribution is -2.25. The smallest absolute Gasteiger partial charge is 0.244 e. The summed E-state index contributed by atoms with van der Waals surface area (Å²) in [6.07, 6.45) is 4.29. The summed E-state index contributed by atoms with van der Waals surface area (Å²) in [4.78, 5) is 19.9. The molecule has 4 rings (SSSR count). The summed E-state index contributed by atoms with van der Waals surface area (Å²) < 4.78 is 5.49. The molecular weight excluding hydrogens is 314 g/mol. The van der Waals surface area contributed by atoms with E-state index in [0.29, 0.717) is 0 Å². The number of hydrogen-bond acceptors (Lipinski definition) is 3. The van der Waals surface area contributed by atoms with Gasteiger partial charge in [-0.2, -0.15) is 0 Å². The van der Waals surface area contributed by atoms with E-state index in [0.717, 1.165) is 41.2 Å². The third-order valence-corrected chi connectivity index (χ3v) is 4.32. The zero-order chi connectivity index (χ0) is 17.2. The number of fused-ring (bicyclic) bond motifs is 2. The summed E-state index contributed by atoms with van der Waals surface area (Å²) in [5.74, 6) is 1.54. The highest BCUT2D eigenvalue weighted by Crippen LogP contribution is 2.26. The van der Waals surface area contributed by atoms with Gasteiger partial charge in [0.15, 0.2) is 0 Å². The first-order valence-corrected chi connectivity index (χ1v) is 8.38. The van der Waals surface area contributed by atoms with Crippen LogP contribution in [0.15, 0.2) is 48.5 Å². The Labute approximate surface area is 145 Å². The van der Waals surface area contributed by atoms with E-state index in [1.165, 1.54) is 5.56 Å². The fourth-order valence-electron chi connectivity index (χ4n) is 2.99. The molecule has 1 amide bonds. The summed E-state index contributed by atoms with van der Waals surface area (Å²) in [6.45, 7) is 2.65. The molecule has 5 nitrogen and oxygen atoms in total. The van der Waals surface area contributed by atoms with E-state index >= 15 is 0 Å². The highest BCUT2D eigenvalue weighted by molar-refractivity contribution is 5.92. The average molecular weight is 333 g/mol. The van der Waals surface area contributed by atoms with Crippen molar-refractivity contribution < 1.29 is 9.53 Å². The molecule has 1 aliphatic heterocycles. The van der Waals surface area contributed by atoms with Crippen molar-refractivity contribution in [1.82, 2.24) is 15.3 Å². The minimum Gasteiger partial charge on any atom is -0.493 e. The largest absolute Gasteiger partial charge is 0.493 e. The second-order valence-electron chi connectivity index (χ2n) is 6.17. The maximum atomic E-state index is 12.2. The first-order chi connectivity index (χ1) is 12.2. The monoisotopic (exact) mass is 333 g/mol. The Morgan fingerprint density at radius 1 is 1.32 bits per heavy atom. The number of para-hydroxylation sites is 2. The Hall–Kier alpha value is -3.08. The molecule has 0 bridgehead atoms. The van der Waals surface area contributed by atoms with E-state index in [9.17, 15) is 4.79 Å². The van der Waals surface area contributed by atoms with Crippen LogP contribution in [0.3, 0.4) is 0 Å². The van der Waals surface area contributed by atoms with Gasteiger partial charge in [0.05, 0.1) is 23.7 Å². The van der Waals surface area contributed by atoms with Gasteiger partial charge in [0.2, 0.25) is 5.91 Å². The van der Waals surface area contributed by atoms with Crippen molar-refractivity contribution in [2.45, 2.75) is 19.4 Å². The second-order valence-corrected chi connectivity index (χ2v) is 6.17. The molecule has 1 atom stereocenters. The number of imidazole rings is 1. The second kappa shape index (κ2) is 6.43. The maximum Gasteiger partial charge on any atom is 0.244 e. The summed E-state index contributed by atoms with van der Waals surface area (Å²) in [5, 5.41) is 2.94. The Morgan fingerprint density at radius 2 is 2.20 bits per heavy atom. The number of aromatic amines is 1. The third-order valence-electron chi connectivity index (χ3n) is 4.32. The molecule has 2 aromatic carbocycles. The van der Waals surface area contributed by atoms with Gasteiger partial charge in [-0.1, -0.05) is 18.2 Å². The molecule has 0 aliphatic carbocycles. The zero-order valence-electron chi connectivity index (χ0n) is 14.0. The number of nitrogens with one attached hydrogen (secondary N) is 2. The van der Waals surface area contributed by atoms with Crippen molar-refractivity contribution >= 4 is 23.0 Å². The first-order valence-electron chi connectivity index (χ1n) is 8.38. The summed E-state index contributed by atoms with van der Waals surface area (Å²) in [7, 11) is 0. The lowest BCUT2D eigenvalue weighted by molar-refractivity contribution is -0.117. The van der Waals surface area contributed by atoms with Gasteiger partial charge in [-0.15, -0.1) is 0 Å². The van der Waals surface area contributed by atoms with Gasteiger partial charge < -0.3 is 15.0 Å². The van der Waals surface area contributed by atoms with Gasteiger partial charge in [0.1, 0.15) is 11.6 Å². The number of aromatic nitrogens is 2. The van der Waals surface area contributed by atoms with Crippen molar-refractivity contribution in [3.63, 3.8) is 0 Å². The number of carbonyl (C=O) groups is 1. The molecule has 0 spiro atoms. The zero-order valence-corrected chi connectivity index (χ0v) is 14.0. The lowest BCUT2D eigenvalue weighted by atomic mass is 10.1. The summed E-state index contributed by atoms with van der Waals surface area (Å²) in [5.41, 5.74) is 4.05. The molecule has 1 aromatic heterocycles. The Balaban J connectivity index is 1.42. The van der Waals surface area contributed by atoms with Crippen LogP contribution in [0.2, 0.25) is 0 Å². The van der Waals surface area contributed by atoms with E-state index in [1.807, 2.05) is 49.4 Å². The normalized spacial score (nSPS) is 14.4. The topological polar surface area (TPSA) is 67.0 Å². The van der Waals surface area contributed by atoms with Crippen LogP contribution in [0.25, 0.3) is 17.1 Å². The Morgan fingerprint density at radius 3 is 3.08 bits per heavy atom. The van der Waals surface area contributed by atoms with Crippen molar-refractivity contribution in [3.05, 3.63) is 65.5 Å². The van der Waals surface area contributed by atoms with Crippen molar-refractivity contribution in [3.8, 4) is 5.75 Å². The third kappa shape index (κ3) is 3.26. The number of rotatable bonds is 4. The molecular formula is C20H19N3O2. The molecule has 0 radical (unpaired) electrons. The minimum atomic E-state index is -0.196. The van der Waals surface area contributed by atoms with Crippen LogP contribution in [0.1, 0.15) is 29.9 Å². The molecule has 5 heteroatoms. The van der Waals surface area contributed by atoms with Crippen LogP contribution in [0, 0.1) is 0 Å². The van der Waals surface area contributed by atoms with Crippen LogP contribution in [-0.4, -0.2) is 22.5 Å². The molecule has 1 unspecified atom stereocenters. The van der Waals surface area contributed by atoms with Gasteiger partial charge in [-0.3, -0.25) is 4.79 Å². The molecule has 2 heterocycles. The molecule has 3 aromatic rings. The SMILES string of the molecule is CC(NC(=O)/C=C/c1ccc2c(c1)CCO2)c1nc2ccccc2[nH]1. The van der Waals surface area contributed by atoms with Gasteiger partial charge in [0, 0.05) is 12.5 Å². The number of amides is 1. The first kappa shape index (κ1) is 15.4. The molecule has 2 N–H and O–H groups in total. The fraction of sp³-hybridized carbons (Fsp3) is 0.200. The van der Waals surface area contributed by atoms with Crippen LogP contribution < -0.4 is 10.1 Å².